The first kappa shape index (κ1) is 27.6. The first-order valence-corrected chi connectivity index (χ1v) is 13.7. The molecule has 4 aromatic rings. The van der Waals surface area contributed by atoms with Gasteiger partial charge in [0, 0.05) is 54.9 Å². The molecule has 1 aliphatic heterocycles. The number of H-pyrrole nitrogens is 1. The average Bonchev–Trinajstić information content (AvgIpc) is 3.54. The number of aromatic nitrogens is 3. The Labute approximate surface area is 237 Å². The number of aromatic hydroxyl groups is 1. The molecule has 5 rings (SSSR count). The second-order valence-corrected chi connectivity index (χ2v) is 9.95. The average molecular weight is 553 g/mol. The minimum Gasteiger partial charge on any atom is -0.507 e. The molecule has 10 nitrogen and oxygen atoms in total. The Morgan fingerprint density at radius 1 is 0.829 bits per heavy atom. The van der Waals surface area contributed by atoms with E-state index in [1.54, 1.807) is 41.3 Å². The summed E-state index contributed by atoms with van der Waals surface area (Å²) < 4.78 is 0. The van der Waals surface area contributed by atoms with Gasteiger partial charge in [-0.3, -0.25) is 19.5 Å². The molecule has 1 aromatic heterocycles. The largest absolute Gasteiger partial charge is 0.507 e. The van der Waals surface area contributed by atoms with Crippen molar-refractivity contribution in [1.29, 1.82) is 0 Å². The van der Waals surface area contributed by atoms with Crippen molar-refractivity contribution in [1.82, 2.24) is 30.7 Å². The second kappa shape index (κ2) is 12.9. The number of nitrogens with one attached hydrogen (secondary N) is 3. The molecule has 41 heavy (non-hydrogen) atoms. The molecule has 0 unspecified atom stereocenters. The van der Waals surface area contributed by atoms with Crippen LogP contribution in [0.2, 0.25) is 0 Å². The summed E-state index contributed by atoms with van der Waals surface area (Å²) in [5.41, 5.74) is 4.14. The summed E-state index contributed by atoms with van der Waals surface area (Å²) in [5, 5.41) is 23.0. The smallest absolute Gasteiger partial charge is 0.253 e. The molecule has 4 bridgehead atoms. The van der Waals surface area contributed by atoms with Gasteiger partial charge in [-0.05, 0) is 66.8 Å². The van der Waals surface area contributed by atoms with E-state index in [0.717, 1.165) is 16.7 Å². The van der Waals surface area contributed by atoms with Crippen LogP contribution in [0.25, 0.3) is 22.5 Å². The van der Waals surface area contributed by atoms with Crippen molar-refractivity contribution in [2.45, 2.75) is 25.7 Å². The van der Waals surface area contributed by atoms with Crippen LogP contribution in [0.15, 0.2) is 73.1 Å². The molecule has 3 aromatic carbocycles. The number of carbonyl (C=O) groups is 3. The summed E-state index contributed by atoms with van der Waals surface area (Å²) >= 11 is 0. The number of nitrogens with zero attached hydrogens (tertiary/aromatic N) is 3. The van der Waals surface area contributed by atoms with Crippen molar-refractivity contribution in [3.63, 3.8) is 0 Å². The van der Waals surface area contributed by atoms with Gasteiger partial charge in [0.05, 0.1) is 0 Å². The van der Waals surface area contributed by atoms with Gasteiger partial charge in [-0.15, -0.1) is 0 Å². The van der Waals surface area contributed by atoms with Crippen molar-refractivity contribution < 1.29 is 19.5 Å². The molecule has 0 radical (unpaired) electrons. The fraction of sp³-hybridized carbons (Fsp3) is 0.258. The lowest BCUT2D eigenvalue weighted by atomic mass is 9.98. The number of rotatable bonds is 2. The van der Waals surface area contributed by atoms with Crippen LogP contribution in [0.5, 0.6) is 5.75 Å². The Balaban J connectivity index is 1.31. The van der Waals surface area contributed by atoms with Gasteiger partial charge in [0.15, 0.2) is 5.82 Å². The number of phenols is 1. The van der Waals surface area contributed by atoms with Gasteiger partial charge in [0.1, 0.15) is 12.1 Å². The van der Waals surface area contributed by atoms with Crippen molar-refractivity contribution >= 4 is 17.7 Å². The molecule has 4 N–H and O–H groups in total. The molecular formula is C31H32N6O4. The van der Waals surface area contributed by atoms with Crippen LogP contribution in [-0.4, -0.2) is 69.1 Å². The predicted molar refractivity (Wildman–Crippen MR) is 154 cm³/mol. The van der Waals surface area contributed by atoms with E-state index in [1.165, 1.54) is 6.33 Å². The van der Waals surface area contributed by atoms with Crippen LogP contribution in [0.1, 0.15) is 45.5 Å². The lowest BCUT2D eigenvalue weighted by Crippen LogP contribution is -2.36. The number of carbonyl (C=O) groups excluding carboxylic acids is 3. The first-order chi connectivity index (χ1) is 20.0. The quantitative estimate of drug-likeness (QED) is 0.300. The molecule has 0 spiro atoms. The fourth-order valence-electron chi connectivity index (χ4n) is 4.85. The van der Waals surface area contributed by atoms with Gasteiger partial charge < -0.3 is 20.6 Å². The summed E-state index contributed by atoms with van der Waals surface area (Å²) in [6, 6.07) is 19.6. The summed E-state index contributed by atoms with van der Waals surface area (Å²) in [4.78, 5) is 44.7. The van der Waals surface area contributed by atoms with Crippen LogP contribution in [0.4, 0.5) is 0 Å². The Morgan fingerprint density at radius 2 is 1.63 bits per heavy atom. The van der Waals surface area contributed by atoms with Gasteiger partial charge in [0.2, 0.25) is 5.91 Å². The van der Waals surface area contributed by atoms with Gasteiger partial charge >= 0.3 is 0 Å². The maximum absolute atomic E-state index is 13.4. The zero-order valence-corrected chi connectivity index (χ0v) is 22.6. The van der Waals surface area contributed by atoms with Crippen molar-refractivity contribution in [3.8, 4) is 28.3 Å². The SMILES string of the molecule is O=C1CCCN(C(=O)c2ccc(-c3ncn[nH]3)cc2)CCCNC(=O)c2cccc(c2)-c2cc(ccc2O)CCN1. The molecule has 0 saturated carbocycles. The molecule has 2 heterocycles. The van der Waals surface area contributed by atoms with E-state index in [4.69, 9.17) is 0 Å². The van der Waals surface area contributed by atoms with Crippen molar-refractivity contribution in [2.24, 2.45) is 0 Å². The van der Waals surface area contributed by atoms with Gasteiger partial charge in [-0.25, -0.2) is 4.98 Å². The summed E-state index contributed by atoms with van der Waals surface area (Å²) in [6.07, 6.45) is 3.36. The third kappa shape index (κ3) is 6.96. The molecule has 0 fully saturated rings. The van der Waals surface area contributed by atoms with E-state index in [1.807, 2.05) is 30.3 Å². The number of amides is 3. The molecular weight excluding hydrogens is 520 g/mol. The lowest BCUT2D eigenvalue weighted by molar-refractivity contribution is -0.121. The van der Waals surface area contributed by atoms with Crippen LogP contribution in [0, 0.1) is 0 Å². The zero-order chi connectivity index (χ0) is 28.6. The van der Waals surface area contributed by atoms with Crippen LogP contribution in [0.3, 0.4) is 0 Å². The Kier molecular flexibility index (Phi) is 8.68. The molecule has 210 valence electrons. The third-order valence-electron chi connectivity index (χ3n) is 7.06. The number of fused-ring (bicyclic) bond motifs is 5. The van der Waals surface area contributed by atoms with Crippen molar-refractivity contribution in [2.75, 3.05) is 26.2 Å². The third-order valence-corrected chi connectivity index (χ3v) is 7.06. The highest BCUT2D eigenvalue weighted by Crippen LogP contribution is 2.31. The van der Waals surface area contributed by atoms with Gasteiger partial charge in [0.25, 0.3) is 11.8 Å². The number of aromatic amines is 1. The molecule has 3 amide bonds. The monoisotopic (exact) mass is 552 g/mol. The van der Waals surface area contributed by atoms with Crippen LogP contribution in [-0.2, 0) is 11.2 Å². The second-order valence-electron chi connectivity index (χ2n) is 9.95. The van der Waals surface area contributed by atoms with E-state index in [-0.39, 0.29) is 29.9 Å². The van der Waals surface area contributed by atoms with E-state index in [2.05, 4.69) is 25.8 Å². The van der Waals surface area contributed by atoms with E-state index in [0.29, 0.717) is 68.0 Å². The summed E-state index contributed by atoms with van der Waals surface area (Å²) in [6.45, 7) is 1.65. The maximum atomic E-state index is 13.4. The van der Waals surface area contributed by atoms with E-state index in [9.17, 15) is 19.5 Å². The molecule has 0 atom stereocenters. The minimum absolute atomic E-state index is 0.0781. The maximum Gasteiger partial charge on any atom is 0.253 e. The topological polar surface area (TPSA) is 140 Å². The van der Waals surface area contributed by atoms with Crippen LogP contribution < -0.4 is 10.6 Å². The molecule has 1 aliphatic rings. The number of benzene rings is 3. The summed E-state index contributed by atoms with van der Waals surface area (Å²) in [5.74, 6) is 0.298. The Hall–Kier alpha value is -4.99. The number of phenolic OH excluding ortho intramolecular Hbond substituents is 1. The highest BCUT2D eigenvalue weighted by atomic mass is 16.3. The first-order valence-electron chi connectivity index (χ1n) is 13.7. The Bertz CT molecular complexity index is 1520. The molecule has 0 saturated heterocycles. The minimum atomic E-state index is -0.226. The fourth-order valence-corrected chi connectivity index (χ4v) is 4.85. The lowest BCUT2D eigenvalue weighted by Gasteiger charge is -2.23. The summed E-state index contributed by atoms with van der Waals surface area (Å²) in [7, 11) is 0. The highest BCUT2D eigenvalue weighted by molar-refractivity contribution is 5.96. The van der Waals surface area contributed by atoms with E-state index >= 15 is 0 Å². The Morgan fingerprint density at radius 3 is 2.44 bits per heavy atom. The normalized spacial score (nSPS) is 15.2. The van der Waals surface area contributed by atoms with Gasteiger partial charge in [-0.2, -0.15) is 5.10 Å². The zero-order valence-electron chi connectivity index (χ0n) is 22.6. The van der Waals surface area contributed by atoms with Crippen molar-refractivity contribution in [3.05, 3.63) is 89.7 Å². The molecule has 10 heteroatoms. The van der Waals surface area contributed by atoms with E-state index < -0.39 is 0 Å². The number of hydrogen-bond donors (Lipinski definition) is 4. The molecule has 0 aliphatic carbocycles. The highest BCUT2D eigenvalue weighted by Gasteiger charge is 2.17. The van der Waals surface area contributed by atoms with Crippen LogP contribution >= 0.6 is 0 Å². The standard InChI is InChI=1S/C31H32N6O4/c38-27-12-7-21-13-15-32-28(39)6-2-16-37(31(41)23-10-8-22(9-11-23)29-34-20-35-36-29)17-3-14-33-30(40)25-5-1-4-24(19-25)26(27)18-21/h1,4-5,7-12,18-20,38H,2-3,6,13-17H2,(H,32,39)(H,33,40)(H,34,35,36). The van der Waals surface area contributed by atoms with Gasteiger partial charge in [-0.1, -0.05) is 30.3 Å². The predicted octanol–water partition coefficient (Wildman–Crippen LogP) is 3.56. The number of hydrogen-bond acceptors (Lipinski definition) is 6.